The number of hydrogen-bond donors (Lipinski definition) is 2. The fourth-order valence-electron chi connectivity index (χ4n) is 2.31. The second-order valence-electron chi connectivity index (χ2n) is 5.59. The summed E-state index contributed by atoms with van der Waals surface area (Å²) in [6, 6.07) is 3.94. The van der Waals surface area contributed by atoms with Crippen LogP contribution in [0.1, 0.15) is 34.4 Å². The largest absolute Gasteiger partial charge is 0.347 e. The van der Waals surface area contributed by atoms with Crippen molar-refractivity contribution in [2.45, 2.75) is 25.4 Å². The molecule has 2 aromatic heterocycles. The number of carbonyl (C=O) groups excluding carboxylic acids is 2. The first kappa shape index (κ1) is 17.3. The molecule has 1 aliphatic carbocycles. The van der Waals surface area contributed by atoms with Crippen LogP contribution in [0.15, 0.2) is 15.9 Å². The number of thiophene rings is 1. The lowest BCUT2D eigenvalue weighted by Gasteiger charge is -2.15. The monoisotopic (exact) mass is 429 g/mol. The second kappa shape index (κ2) is 7.16. The minimum atomic E-state index is -0.238. The van der Waals surface area contributed by atoms with Crippen LogP contribution in [0.2, 0.25) is 0 Å². The Kier molecular flexibility index (Phi) is 5.16. The molecule has 0 aliphatic heterocycles. The molecule has 1 aliphatic rings. The summed E-state index contributed by atoms with van der Waals surface area (Å²) < 4.78 is 3.41. The van der Waals surface area contributed by atoms with E-state index in [0.717, 1.165) is 16.6 Å². The van der Waals surface area contributed by atoms with Gasteiger partial charge in [0.05, 0.1) is 21.8 Å². The van der Waals surface area contributed by atoms with E-state index in [2.05, 4.69) is 31.4 Å². The molecule has 2 N–H and O–H groups in total. The fourth-order valence-corrected chi connectivity index (χ4v) is 3.99. The molecule has 2 amide bonds. The predicted octanol–water partition coefficient (Wildman–Crippen LogP) is 2.49. The third kappa shape index (κ3) is 3.93. The highest BCUT2D eigenvalue weighted by atomic mass is 79.9. The number of amides is 2. The number of aromatic amines is 1. The number of nitrogens with one attached hydrogen (secondary N) is 2. The van der Waals surface area contributed by atoms with Crippen molar-refractivity contribution in [1.82, 2.24) is 25.0 Å². The lowest BCUT2D eigenvalue weighted by atomic mass is 10.4. The topological polar surface area (TPSA) is 83.0 Å². The maximum absolute atomic E-state index is 12.2. The average Bonchev–Trinajstić information content (AvgIpc) is 3.18. The Morgan fingerprint density at radius 1 is 1.54 bits per heavy atom. The van der Waals surface area contributed by atoms with Gasteiger partial charge in [0, 0.05) is 13.1 Å². The van der Waals surface area contributed by atoms with E-state index < -0.39 is 0 Å². The van der Waals surface area contributed by atoms with E-state index in [-0.39, 0.29) is 24.9 Å². The van der Waals surface area contributed by atoms with E-state index in [1.54, 1.807) is 13.1 Å². The Hall–Kier alpha value is -1.52. The maximum Gasteiger partial charge on any atom is 0.264 e. The number of aromatic nitrogens is 3. The molecular weight excluding hydrogens is 414 g/mol. The Bertz CT molecular complexity index is 823. The Morgan fingerprint density at radius 3 is 2.92 bits per heavy atom. The Balaban J connectivity index is 1.54. The normalized spacial score (nSPS) is 13.8. The van der Waals surface area contributed by atoms with Crippen LogP contribution in [0, 0.1) is 4.77 Å². The van der Waals surface area contributed by atoms with Crippen LogP contribution < -0.4 is 5.32 Å². The van der Waals surface area contributed by atoms with Gasteiger partial charge < -0.3 is 10.2 Å². The zero-order valence-electron chi connectivity index (χ0n) is 12.9. The molecular formula is C14H16BrN5O2S2. The highest BCUT2D eigenvalue weighted by molar-refractivity contribution is 9.11. The van der Waals surface area contributed by atoms with Crippen LogP contribution in [0.3, 0.4) is 0 Å². The number of likely N-dealkylation sites (N-methyl/N-ethyl adjacent to an activating group) is 1. The van der Waals surface area contributed by atoms with Crippen molar-refractivity contribution in [2.75, 3.05) is 13.6 Å². The van der Waals surface area contributed by atoms with Gasteiger partial charge in [-0.3, -0.25) is 19.3 Å². The minimum Gasteiger partial charge on any atom is -0.347 e. The van der Waals surface area contributed by atoms with Crippen LogP contribution in [-0.2, 0) is 11.3 Å². The first-order valence-electron chi connectivity index (χ1n) is 7.39. The van der Waals surface area contributed by atoms with Gasteiger partial charge in [-0.25, -0.2) is 0 Å². The number of halogens is 1. The highest BCUT2D eigenvalue weighted by Crippen LogP contribution is 2.35. The molecule has 0 radical (unpaired) electrons. The summed E-state index contributed by atoms with van der Waals surface area (Å²) >= 11 is 9.87. The van der Waals surface area contributed by atoms with Crippen LogP contribution in [0.5, 0.6) is 0 Å². The SMILES string of the molecule is CN(CC(=O)NCc1n[nH]c(=S)n1C1CC1)C(=O)c1ccc(Br)s1. The molecule has 2 aromatic rings. The summed E-state index contributed by atoms with van der Waals surface area (Å²) in [7, 11) is 1.61. The van der Waals surface area contributed by atoms with E-state index in [1.165, 1.54) is 16.2 Å². The zero-order valence-corrected chi connectivity index (χ0v) is 16.1. The first-order chi connectivity index (χ1) is 11.5. The summed E-state index contributed by atoms with van der Waals surface area (Å²) in [6.07, 6.45) is 2.17. The molecule has 2 heterocycles. The van der Waals surface area contributed by atoms with Crippen molar-refractivity contribution in [3.8, 4) is 0 Å². The van der Waals surface area contributed by atoms with Gasteiger partial charge >= 0.3 is 0 Å². The third-order valence-corrected chi connectivity index (χ3v) is 5.54. The highest BCUT2D eigenvalue weighted by Gasteiger charge is 2.27. The van der Waals surface area contributed by atoms with E-state index in [0.29, 0.717) is 21.5 Å². The third-order valence-electron chi connectivity index (χ3n) is 3.64. The summed E-state index contributed by atoms with van der Waals surface area (Å²) in [5.41, 5.74) is 0. The summed E-state index contributed by atoms with van der Waals surface area (Å²) in [4.78, 5) is 26.3. The summed E-state index contributed by atoms with van der Waals surface area (Å²) in [5, 5.41) is 9.71. The van der Waals surface area contributed by atoms with Gasteiger partial charge in [0.15, 0.2) is 10.6 Å². The Morgan fingerprint density at radius 2 is 2.29 bits per heavy atom. The zero-order chi connectivity index (χ0) is 17.3. The molecule has 128 valence electrons. The van der Waals surface area contributed by atoms with Gasteiger partial charge in [-0.2, -0.15) is 5.10 Å². The average molecular weight is 430 g/mol. The molecule has 7 nitrogen and oxygen atoms in total. The van der Waals surface area contributed by atoms with Gasteiger partial charge in [-0.05, 0) is 53.1 Å². The second-order valence-corrected chi connectivity index (χ2v) is 8.44. The van der Waals surface area contributed by atoms with Crippen molar-refractivity contribution in [1.29, 1.82) is 0 Å². The molecule has 0 atom stereocenters. The van der Waals surface area contributed by atoms with Gasteiger partial charge in [0.25, 0.3) is 5.91 Å². The first-order valence-corrected chi connectivity index (χ1v) is 9.40. The van der Waals surface area contributed by atoms with Crippen molar-refractivity contribution < 1.29 is 9.59 Å². The molecule has 10 heteroatoms. The van der Waals surface area contributed by atoms with Crippen LogP contribution in [0.25, 0.3) is 0 Å². The van der Waals surface area contributed by atoms with Gasteiger partial charge in [0.2, 0.25) is 5.91 Å². The van der Waals surface area contributed by atoms with Crippen molar-refractivity contribution in [2.24, 2.45) is 0 Å². The molecule has 0 spiro atoms. The number of rotatable bonds is 6. The van der Waals surface area contributed by atoms with Crippen LogP contribution in [0.4, 0.5) is 0 Å². The van der Waals surface area contributed by atoms with Crippen molar-refractivity contribution >= 4 is 51.3 Å². The summed E-state index contributed by atoms with van der Waals surface area (Å²) in [6.45, 7) is 0.276. The molecule has 0 aromatic carbocycles. The summed E-state index contributed by atoms with van der Waals surface area (Å²) in [5.74, 6) is 0.297. The molecule has 1 fully saturated rings. The lowest BCUT2D eigenvalue weighted by Crippen LogP contribution is -2.38. The number of hydrogen-bond acceptors (Lipinski definition) is 5. The molecule has 3 rings (SSSR count). The van der Waals surface area contributed by atoms with E-state index in [9.17, 15) is 9.59 Å². The quantitative estimate of drug-likeness (QED) is 0.690. The van der Waals surface area contributed by atoms with Crippen molar-refractivity contribution in [3.63, 3.8) is 0 Å². The maximum atomic E-state index is 12.2. The molecule has 1 saturated carbocycles. The lowest BCUT2D eigenvalue weighted by molar-refractivity contribution is -0.121. The number of nitrogens with zero attached hydrogens (tertiary/aromatic N) is 3. The van der Waals surface area contributed by atoms with Crippen molar-refractivity contribution in [3.05, 3.63) is 31.4 Å². The van der Waals surface area contributed by atoms with Crippen LogP contribution in [-0.4, -0.2) is 45.1 Å². The minimum absolute atomic E-state index is 0.0110. The fraction of sp³-hybridized carbons (Fsp3) is 0.429. The van der Waals surface area contributed by atoms with E-state index in [4.69, 9.17) is 12.2 Å². The number of carbonyl (C=O) groups is 2. The van der Waals surface area contributed by atoms with Gasteiger partial charge in [-0.15, -0.1) is 11.3 Å². The smallest absolute Gasteiger partial charge is 0.264 e. The van der Waals surface area contributed by atoms with Crippen LogP contribution >= 0.6 is 39.5 Å². The molecule has 0 saturated heterocycles. The predicted molar refractivity (Wildman–Crippen MR) is 96.5 cm³/mol. The molecule has 0 unspecified atom stereocenters. The van der Waals surface area contributed by atoms with E-state index in [1.807, 2.05) is 10.6 Å². The van der Waals surface area contributed by atoms with Gasteiger partial charge in [0.1, 0.15) is 0 Å². The number of H-pyrrole nitrogens is 1. The Labute approximate surface area is 156 Å². The van der Waals surface area contributed by atoms with E-state index >= 15 is 0 Å². The standard InChI is InChI=1S/C14H16BrN5O2S2/c1-19(13(22)9-4-5-10(15)24-9)7-12(21)16-6-11-17-18-14(23)20(11)8-2-3-8/h4-5,8H,2-3,6-7H2,1H3,(H,16,21)(H,18,23). The molecule has 0 bridgehead atoms. The molecule has 24 heavy (non-hydrogen) atoms. The van der Waals surface area contributed by atoms with Gasteiger partial charge in [-0.1, -0.05) is 0 Å².